The molecule has 1 N–H and O–H groups in total. The number of rotatable bonds is 7. The molecular weight excluding hydrogens is 400 g/mol. The summed E-state index contributed by atoms with van der Waals surface area (Å²) < 4.78 is 15.5. The number of benzene rings is 1. The predicted molar refractivity (Wildman–Crippen MR) is 112 cm³/mol. The number of nitrogens with one attached hydrogen (secondary N) is 1. The number of carbonyl (C=O) groups excluding carboxylic acids is 1. The van der Waals surface area contributed by atoms with Crippen LogP contribution in [0.4, 0.5) is 0 Å². The van der Waals surface area contributed by atoms with Crippen LogP contribution in [0.5, 0.6) is 5.88 Å². The lowest BCUT2D eigenvalue weighted by Crippen LogP contribution is -2.32. The van der Waals surface area contributed by atoms with E-state index in [1.807, 2.05) is 6.07 Å². The van der Waals surface area contributed by atoms with Gasteiger partial charge in [-0.1, -0.05) is 0 Å². The van der Waals surface area contributed by atoms with Crippen LogP contribution < -0.4 is 15.7 Å². The van der Waals surface area contributed by atoms with Gasteiger partial charge in [-0.05, 0) is 43.2 Å². The summed E-state index contributed by atoms with van der Waals surface area (Å²) in [5, 5.41) is 12.5. The van der Waals surface area contributed by atoms with Crippen LogP contribution in [0.2, 0.25) is 0 Å². The van der Waals surface area contributed by atoms with Crippen LogP contribution in [-0.2, 0) is 13.6 Å². The fourth-order valence-electron chi connectivity index (χ4n) is 3.74. The Kier molecular flexibility index (Phi) is 4.61. The maximum absolute atomic E-state index is 12.8. The van der Waals surface area contributed by atoms with E-state index >= 15 is 0 Å². The predicted octanol–water partition coefficient (Wildman–Crippen LogP) is 1.96. The van der Waals surface area contributed by atoms with Gasteiger partial charge in [-0.2, -0.15) is 5.10 Å². The summed E-state index contributed by atoms with van der Waals surface area (Å²) in [5.74, 6) is 1.48. The SMILES string of the molecule is COc1c2ccc(C(=O)NCCn3nc(-c4ccco4)n(C4CC4)c3=O)cc2nn1C. The number of hydrogen-bond donors (Lipinski definition) is 1. The Hall–Kier alpha value is -3.82. The number of ether oxygens (including phenoxy) is 1. The van der Waals surface area contributed by atoms with Crippen molar-refractivity contribution in [1.29, 1.82) is 0 Å². The highest BCUT2D eigenvalue weighted by molar-refractivity contribution is 5.98. The molecule has 1 fully saturated rings. The number of nitrogens with zero attached hydrogens (tertiary/aromatic N) is 5. The molecule has 1 aliphatic carbocycles. The minimum Gasteiger partial charge on any atom is -0.481 e. The fourth-order valence-corrected chi connectivity index (χ4v) is 3.74. The number of fused-ring (bicyclic) bond motifs is 1. The number of carbonyl (C=O) groups is 1. The van der Waals surface area contributed by atoms with E-state index in [-0.39, 0.29) is 30.7 Å². The van der Waals surface area contributed by atoms with Crippen LogP contribution >= 0.6 is 0 Å². The maximum Gasteiger partial charge on any atom is 0.346 e. The van der Waals surface area contributed by atoms with Crippen LogP contribution in [-0.4, -0.2) is 43.7 Å². The lowest BCUT2D eigenvalue weighted by atomic mass is 10.1. The molecule has 3 heterocycles. The molecule has 3 aromatic heterocycles. The van der Waals surface area contributed by atoms with E-state index in [2.05, 4.69) is 15.5 Å². The van der Waals surface area contributed by atoms with E-state index in [0.717, 1.165) is 18.2 Å². The van der Waals surface area contributed by atoms with Crippen molar-refractivity contribution in [3.8, 4) is 17.5 Å². The largest absolute Gasteiger partial charge is 0.481 e. The van der Waals surface area contributed by atoms with E-state index in [4.69, 9.17) is 9.15 Å². The summed E-state index contributed by atoms with van der Waals surface area (Å²) in [6.45, 7) is 0.527. The molecule has 0 radical (unpaired) electrons. The van der Waals surface area contributed by atoms with Gasteiger partial charge < -0.3 is 14.5 Å². The van der Waals surface area contributed by atoms with Gasteiger partial charge in [0, 0.05) is 25.2 Å². The van der Waals surface area contributed by atoms with E-state index in [0.29, 0.717) is 28.5 Å². The first-order valence-electron chi connectivity index (χ1n) is 10.1. The molecule has 10 nitrogen and oxygen atoms in total. The quantitative estimate of drug-likeness (QED) is 0.488. The van der Waals surface area contributed by atoms with Gasteiger partial charge in [0.05, 0.1) is 30.8 Å². The van der Waals surface area contributed by atoms with Gasteiger partial charge in [0.1, 0.15) is 0 Å². The molecule has 4 aromatic rings. The van der Waals surface area contributed by atoms with E-state index in [1.54, 1.807) is 53.9 Å². The van der Waals surface area contributed by atoms with Crippen molar-refractivity contribution in [2.24, 2.45) is 7.05 Å². The first kappa shape index (κ1) is 19.2. The third kappa shape index (κ3) is 3.39. The number of amides is 1. The average Bonchev–Trinajstić information content (AvgIpc) is 3.19. The summed E-state index contributed by atoms with van der Waals surface area (Å²) in [6, 6.07) is 8.98. The summed E-state index contributed by atoms with van der Waals surface area (Å²) in [4.78, 5) is 25.4. The Morgan fingerprint density at radius 2 is 2.13 bits per heavy atom. The lowest BCUT2D eigenvalue weighted by molar-refractivity contribution is 0.0952. The van der Waals surface area contributed by atoms with Crippen molar-refractivity contribution in [2.45, 2.75) is 25.4 Å². The minimum absolute atomic E-state index is 0.165. The van der Waals surface area contributed by atoms with Crippen LogP contribution in [0.1, 0.15) is 29.2 Å². The summed E-state index contributed by atoms with van der Waals surface area (Å²) in [7, 11) is 3.37. The maximum atomic E-state index is 12.8. The molecular formula is C21H22N6O4. The van der Waals surface area contributed by atoms with Gasteiger partial charge in [0.2, 0.25) is 11.7 Å². The van der Waals surface area contributed by atoms with Gasteiger partial charge in [0.15, 0.2) is 5.76 Å². The topological polar surface area (TPSA) is 109 Å². The zero-order valence-electron chi connectivity index (χ0n) is 17.2. The summed E-state index contributed by atoms with van der Waals surface area (Å²) in [5.41, 5.74) is 0.972. The van der Waals surface area contributed by atoms with Crippen LogP contribution in [0, 0.1) is 0 Å². The molecule has 5 rings (SSSR count). The summed E-state index contributed by atoms with van der Waals surface area (Å²) >= 11 is 0. The Morgan fingerprint density at radius 3 is 2.84 bits per heavy atom. The van der Waals surface area contributed by atoms with E-state index in [1.165, 1.54) is 4.68 Å². The standard InChI is InChI=1S/C21H22N6O4/c1-25-20(30-2)15-8-5-13(12-16(15)23-25)19(28)22-9-10-26-21(29)27(14-6-7-14)18(24-26)17-4-3-11-31-17/h3-5,8,11-12,14H,6-7,9-10H2,1-2H3,(H,22,28). The molecule has 160 valence electrons. The third-order valence-electron chi connectivity index (χ3n) is 5.37. The highest BCUT2D eigenvalue weighted by atomic mass is 16.5. The molecule has 0 atom stereocenters. The summed E-state index contributed by atoms with van der Waals surface area (Å²) in [6.07, 6.45) is 3.47. The molecule has 1 saturated carbocycles. The van der Waals surface area contributed by atoms with Crippen LogP contribution in [0.25, 0.3) is 22.5 Å². The van der Waals surface area contributed by atoms with Crippen LogP contribution in [0.3, 0.4) is 0 Å². The number of furan rings is 1. The molecule has 0 saturated heterocycles. The Bertz CT molecular complexity index is 1310. The molecule has 1 aliphatic rings. The van der Waals surface area contributed by atoms with E-state index in [9.17, 15) is 9.59 Å². The second-order valence-corrected chi connectivity index (χ2v) is 7.53. The van der Waals surface area contributed by atoms with Crippen molar-refractivity contribution < 1.29 is 13.9 Å². The molecule has 10 heteroatoms. The van der Waals surface area contributed by atoms with Crippen LogP contribution in [0.15, 0.2) is 45.8 Å². The third-order valence-corrected chi connectivity index (χ3v) is 5.37. The molecule has 0 aliphatic heterocycles. The highest BCUT2D eigenvalue weighted by Crippen LogP contribution is 2.36. The molecule has 1 aromatic carbocycles. The highest BCUT2D eigenvalue weighted by Gasteiger charge is 2.31. The van der Waals surface area contributed by atoms with Crippen molar-refractivity contribution in [1.82, 2.24) is 29.4 Å². The molecule has 0 spiro atoms. The average molecular weight is 422 g/mol. The smallest absolute Gasteiger partial charge is 0.346 e. The first-order chi connectivity index (χ1) is 15.1. The molecule has 1 amide bonds. The number of hydrogen-bond acceptors (Lipinski definition) is 6. The van der Waals surface area contributed by atoms with Gasteiger partial charge in [0.25, 0.3) is 5.91 Å². The Balaban J connectivity index is 1.30. The molecule has 31 heavy (non-hydrogen) atoms. The van der Waals surface area contributed by atoms with Crippen molar-refractivity contribution in [3.63, 3.8) is 0 Å². The van der Waals surface area contributed by atoms with Crippen molar-refractivity contribution in [3.05, 3.63) is 52.6 Å². The first-order valence-corrected chi connectivity index (χ1v) is 10.1. The van der Waals surface area contributed by atoms with Crippen molar-refractivity contribution >= 4 is 16.8 Å². The van der Waals surface area contributed by atoms with E-state index < -0.39 is 0 Å². The minimum atomic E-state index is -0.243. The normalized spacial score (nSPS) is 13.6. The second kappa shape index (κ2) is 7.46. The zero-order valence-corrected chi connectivity index (χ0v) is 17.2. The lowest BCUT2D eigenvalue weighted by Gasteiger charge is -2.05. The number of aryl methyl sites for hydroxylation is 1. The number of aromatic nitrogens is 5. The molecule has 0 bridgehead atoms. The monoisotopic (exact) mass is 422 g/mol. The van der Waals surface area contributed by atoms with Gasteiger partial charge >= 0.3 is 5.69 Å². The number of methoxy groups -OCH3 is 1. The van der Waals surface area contributed by atoms with Gasteiger partial charge in [-0.25, -0.2) is 14.2 Å². The van der Waals surface area contributed by atoms with Crippen molar-refractivity contribution in [2.75, 3.05) is 13.7 Å². The Labute approximate surface area is 177 Å². The van der Waals surface area contributed by atoms with Gasteiger partial charge in [-0.3, -0.25) is 9.36 Å². The fraction of sp³-hybridized carbons (Fsp3) is 0.333. The second-order valence-electron chi connectivity index (χ2n) is 7.53. The van der Waals surface area contributed by atoms with Gasteiger partial charge in [-0.15, -0.1) is 5.10 Å². The molecule has 0 unspecified atom stereocenters. The zero-order chi connectivity index (χ0) is 21.5. The Morgan fingerprint density at radius 1 is 1.29 bits per heavy atom.